The van der Waals surface area contributed by atoms with Gasteiger partial charge in [-0.2, -0.15) is 0 Å². The molecule has 0 saturated heterocycles. The van der Waals surface area contributed by atoms with Crippen LogP contribution in [-0.4, -0.2) is 22.4 Å². The molecule has 0 saturated carbocycles. The van der Waals surface area contributed by atoms with Gasteiger partial charge in [-0.25, -0.2) is 4.79 Å². The lowest BCUT2D eigenvalue weighted by molar-refractivity contribution is -0.143. The van der Waals surface area contributed by atoms with Crippen LogP contribution in [0.2, 0.25) is 0 Å². The third kappa shape index (κ3) is 3.81. The van der Waals surface area contributed by atoms with Crippen molar-refractivity contribution in [2.75, 3.05) is 5.23 Å². The van der Waals surface area contributed by atoms with Crippen LogP contribution in [0.25, 0.3) is 0 Å². The van der Waals surface area contributed by atoms with Crippen LogP contribution in [0.15, 0.2) is 51.0 Å². The fourth-order valence-corrected chi connectivity index (χ4v) is 3.06. The number of benzene rings is 1. The van der Waals surface area contributed by atoms with Crippen molar-refractivity contribution in [2.24, 2.45) is 5.73 Å². The summed E-state index contributed by atoms with van der Waals surface area (Å²) in [6, 6.07) is 6.86. The van der Waals surface area contributed by atoms with Crippen molar-refractivity contribution in [3.05, 3.63) is 74.3 Å². The first-order valence-electron chi connectivity index (χ1n) is 8.65. The summed E-state index contributed by atoms with van der Waals surface area (Å²) in [6.45, 7) is 2.67. The van der Waals surface area contributed by atoms with Gasteiger partial charge in [0.1, 0.15) is 17.9 Å². The van der Waals surface area contributed by atoms with Gasteiger partial charge >= 0.3 is 5.97 Å². The van der Waals surface area contributed by atoms with Crippen molar-refractivity contribution < 1.29 is 29.0 Å². The molecule has 0 spiro atoms. The van der Waals surface area contributed by atoms with Crippen LogP contribution in [0, 0.1) is 5.21 Å². The second-order valence-electron chi connectivity index (χ2n) is 6.53. The molecule has 2 aromatic rings. The molecule has 0 fully saturated rings. The molecule has 0 bridgehead atoms. The number of ether oxygens (including phenoxy) is 2. The molecule has 1 aromatic carbocycles. The summed E-state index contributed by atoms with van der Waals surface area (Å²) in [7, 11) is 0. The van der Waals surface area contributed by atoms with Crippen LogP contribution < -0.4 is 21.1 Å². The van der Waals surface area contributed by atoms with Crippen molar-refractivity contribution in [3.8, 4) is 5.75 Å². The number of aliphatic hydroxyl groups excluding tert-OH is 1. The molecule has 2 heterocycles. The fourth-order valence-electron chi connectivity index (χ4n) is 3.06. The highest BCUT2D eigenvalue weighted by Crippen LogP contribution is 2.44. The normalized spacial score (nSPS) is 15.7. The zero-order valence-electron chi connectivity index (χ0n) is 15.6. The van der Waals surface area contributed by atoms with Crippen LogP contribution in [0.4, 0.5) is 5.69 Å². The van der Waals surface area contributed by atoms with Gasteiger partial charge in [-0.1, -0.05) is 18.2 Å². The topological polar surface area (TPSA) is 159 Å². The first kappa shape index (κ1) is 20.4. The maximum atomic E-state index is 12.8. The summed E-state index contributed by atoms with van der Waals surface area (Å²) >= 11 is 0. The molecule has 1 unspecified atom stereocenters. The Balaban J connectivity index is 2.32. The number of para-hydroxylation sites is 1. The Bertz CT molecular complexity index is 1030. The number of carbonyl (C=O) groups is 1. The molecule has 154 valence electrons. The highest BCUT2D eigenvalue weighted by molar-refractivity contribution is 5.93. The van der Waals surface area contributed by atoms with E-state index in [-0.39, 0.29) is 39.3 Å². The van der Waals surface area contributed by atoms with Crippen molar-refractivity contribution in [2.45, 2.75) is 32.5 Å². The molecule has 1 atom stereocenters. The number of esters is 1. The first-order valence-corrected chi connectivity index (χ1v) is 8.65. The van der Waals surface area contributed by atoms with Crippen LogP contribution in [0.1, 0.15) is 36.8 Å². The highest BCUT2D eigenvalue weighted by atomic mass is 16.8. The molecule has 0 amide bonds. The van der Waals surface area contributed by atoms with Crippen molar-refractivity contribution >= 4 is 11.7 Å². The van der Waals surface area contributed by atoms with E-state index in [0.717, 1.165) is 6.07 Å². The van der Waals surface area contributed by atoms with Gasteiger partial charge in [-0.3, -0.25) is 10.0 Å². The summed E-state index contributed by atoms with van der Waals surface area (Å²) < 4.78 is 16.2. The minimum absolute atomic E-state index is 0.0835. The van der Waals surface area contributed by atoms with Gasteiger partial charge in [-0.05, 0) is 25.5 Å². The molecule has 10 heteroatoms. The Morgan fingerprint density at radius 2 is 2.07 bits per heavy atom. The molecular formula is C19H19N2O8-. The number of hydrogen-bond donors (Lipinski definition) is 3. The average molecular weight is 403 g/mol. The number of rotatable bonds is 5. The van der Waals surface area contributed by atoms with E-state index in [9.17, 15) is 25.1 Å². The number of carbonyl (C=O) groups excluding carboxylic acids is 1. The predicted molar refractivity (Wildman–Crippen MR) is 99.9 cm³/mol. The van der Waals surface area contributed by atoms with Crippen LogP contribution in [0.5, 0.6) is 5.75 Å². The van der Waals surface area contributed by atoms with E-state index in [1.165, 1.54) is 18.2 Å². The van der Waals surface area contributed by atoms with E-state index in [1.54, 1.807) is 19.9 Å². The van der Waals surface area contributed by atoms with E-state index < -0.39 is 35.9 Å². The van der Waals surface area contributed by atoms with Crippen LogP contribution in [-0.2, 0) is 16.1 Å². The molecule has 10 nitrogen and oxygen atoms in total. The van der Waals surface area contributed by atoms with Gasteiger partial charge < -0.3 is 35.2 Å². The summed E-state index contributed by atoms with van der Waals surface area (Å²) in [5.41, 5.74) is 5.00. The van der Waals surface area contributed by atoms with E-state index in [2.05, 4.69) is 0 Å². The lowest BCUT2D eigenvalue weighted by atomic mass is 9.85. The lowest BCUT2D eigenvalue weighted by Crippen LogP contribution is -2.31. The number of hydrogen-bond acceptors (Lipinski definition) is 10. The van der Waals surface area contributed by atoms with E-state index in [4.69, 9.17) is 19.6 Å². The Labute approximate surface area is 164 Å². The number of nitrogens with two attached hydrogens (primary N) is 1. The highest BCUT2D eigenvalue weighted by Gasteiger charge is 2.40. The molecule has 0 radical (unpaired) electrons. The van der Waals surface area contributed by atoms with Gasteiger partial charge in [0.2, 0.25) is 17.1 Å². The van der Waals surface area contributed by atoms with Crippen molar-refractivity contribution in [1.82, 2.24) is 0 Å². The molecule has 0 aliphatic carbocycles. The molecule has 29 heavy (non-hydrogen) atoms. The second-order valence-corrected chi connectivity index (χ2v) is 6.53. The molecular weight excluding hydrogens is 384 g/mol. The second kappa shape index (κ2) is 7.95. The van der Waals surface area contributed by atoms with Crippen molar-refractivity contribution in [3.63, 3.8) is 0 Å². The standard InChI is InChI=1S/C19H19N2O8/c1-9(2)27-19(24)15-14(11-5-3-4-6-12(11)21(25)26)17-16(29-18(15)20)13(23)7-10(8-22)28-17/h3-7,9,14,22,25H,8,20H2,1-2H3/q-1. The summed E-state index contributed by atoms with van der Waals surface area (Å²) in [4.78, 5) is 25.2. The fraction of sp³-hybridized carbons (Fsp3) is 0.263. The quantitative estimate of drug-likeness (QED) is 0.493. The largest absolute Gasteiger partial charge is 0.733 e. The monoisotopic (exact) mass is 403 g/mol. The van der Waals surface area contributed by atoms with E-state index in [1.807, 2.05) is 0 Å². The summed E-state index contributed by atoms with van der Waals surface area (Å²) in [5.74, 6) is -2.99. The van der Waals surface area contributed by atoms with Gasteiger partial charge in [0.15, 0.2) is 5.76 Å². The van der Waals surface area contributed by atoms with E-state index >= 15 is 0 Å². The molecule has 4 N–H and O–H groups in total. The Morgan fingerprint density at radius 1 is 1.38 bits per heavy atom. The smallest absolute Gasteiger partial charge is 0.340 e. The number of anilines is 1. The minimum atomic E-state index is -1.20. The zero-order chi connectivity index (χ0) is 21.3. The van der Waals surface area contributed by atoms with Gasteiger partial charge in [-0.15, -0.1) is 0 Å². The third-order valence-corrected chi connectivity index (χ3v) is 4.18. The SMILES string of the molecule is CC(C)OC(=O)C1=C(N)Oc2c(oc(CO)cc2=O)C1c1ccccc1N([O-])O. The summed E-state index contributed by atoms with van der Waals surface area (Å²) in [5, 5.41) is 30.3. The maximum Gasteiger partial charge on any atom is 0.340 e. The van der Waals surface area contributed by atoms with Gasteiger partial charge in [0, 0.05) is 6.07 Å². The first-order chi connectivity index (χ1) is 13.7. The van der Waals surface area contributed by atoms with Crippen molar-refractivity contribution in [1.29, 1.82) is 0 Å². The molecule has 1 aliphatic heterocycles. The predicted octanol–water partition coefficient (Wildman–Crippen LogP) is 1.47. The molecule has 1 aromatic heterocycles. The number of aliphatic hydroxyl groups is 1. The van der Waals surface area contributed by atoms with Crippen LogP contribution in [0.3, 0.4) is 0 Å². The third-order valence-electron chi connectivity index (χ3n) is 4.18. The number of fused-ring (bicyclic) bond motifs is 1. The summed E-state index contributed by atoms with van der Waals surface area (Å²) in [6.07, 6.45) is -0.496. The minimum Gasteiger partial charge on any atom is -0.733 e. The average Bonchev–Trinajstić information content (AvgIpc) is 2.66. The Morgan fingerprint density at radius 3 is 2.69 bits per heavy atom. The molecule has 1 aliphatic rings. The molecule has 3 rings (SSSR count). The zero-order valence-corrected chi connectivity index (χ0v) is 15.6. The maximum absolute atomic E-state index is 12.8. The number of nitrogens with zero attached hydrogens (tertiary/aromatic N) is 1. The van der Waals surface area contributed by atoms with E-state index in [0.29, 0.717) is 0 Å². The van der Waals surface area contributed by atoms with Crippen LogP contribution >= 0.6 is 0 Å². The van der Waals surface area contributed by atoms with Gasteiger partial charge in [0.05, 0.1) is 17.7 Å². The lowest BCUT2D eigenvalue weighted by Gasteiger charge is -2.31. The Hall–Kier alpha value is -3.34. The Kier molecular flexibility index (Phi) is 5.59. The van der Waals surface area contributed by atoms with Gasteiger partial charge in [0.25, 0.3) is 0 Å².